The van der Waals surface area contributed by atoms with E-state index in [-0.39, 0.29) is 21.9 Å². The zero-order valence-corrected chi connectivity index (χ0v) is 28.5. The number of nitrogens with zero attached hydrogens (tertiary/aromatic N) is 6. The molecular weight excluding hydrogens is 645 g/mol. The number of aromatic amines is 2. The number of aryl methyl sites for hydroxylation is 2. The summed E-state index contributed by atoms with van der Waals surface area (Å²) >= 11 is 0. The number of ether oxygens (including phenoxy) is 1. The molecule has 4 aromatic heterocycles. The Morgan fingerprint density at radius 2 is 1.35 bits per heavy atom. The van der Waals surface area contributed by atoms with Crippen LogP contribution < -0.4 is 20.8 Å². The highest BCUT2D eigenvalue weighted by molar-refractivity contribution is 7.90. The number of pyridine rings is 2. The standard InChI is InChI=1S/C26H29N5O2.C9H9N3O3S/c1-19-21-11-12-24(32)28-25(21)29-26(27-19)33-18-5-4-13-30-14-16-31(17-15-30)23-10-6-8-20-7-2-3-9-22(20)23;1-5-6-3-4-7(13)11-8(6)12-9(10-5)16(2,14)15/h2-3,6-12H,4-5,13-18H2,1H3,(H,27,28,29,32);3-4H,1-2H3,(H,10,11,12,13). The first-order valence-electron chi connectivity index (χ1n) is 16.1. The SMILES string of the molecule is Cc1nc(OCCCCN2CCN(c3cccc4ccccc34)CC2)nc2[nH]c(=O)ccc12.Cc1nc(S(C)(=O)=O)nc2[nH]c(=O)ccc12. The molecule has 0 spiro atoms. The summed E-state index contributed by atoms with van der Waals surface area (Å²) < 4.78 is 28.4. The van der Waals surface area contributed by atoms with Crippen molar-refractivity contribution < 1.29 is 13.2 Å². The number of aromatic nitrogens is 6. The second-order valence-corrected chi connectivity index (χ2v) is 13.9. The van der Waals surface area contributed by atoms with E-state index in [1.807, 2.05) is 6.92 Å². The number of hydrogen-bond acceptors (Lipinski definition) is 11. The summed E-state index contributed by atoms with van der Waals surface area (Å²) in [5.41, 5.74) is 2.91. The highest BCUT2D eigenvalue weighted by Gasteiger charge is 2.18. The summed E-state index contributed by atoms with van der Waals surface area (Å²) in [7, 11) is -3.47. The van der Waals surface area contributed by atoms with E-state index in [9.17, 15) is 18.0 Å². The van der Waals surface area contributed by atoms with Crippen molar-refractivity contribution in [3.8, 4) is 6.01 Å². The van der Waals surface area contributed by atoms with Crippen LogP contribution in [0.4, 0.5) is 5.69 Å². The van der Waals surface area contributed by atoms with Crippen molar-refractivity contribution in [2.75, 3.05) is 50.5 Å². The number of rotatable bonds is 8. The van der Waals surface area contributed by atoms with Gasteiger partial charge in [0.2, 0.25) is 26.1 Å². The van der Waals surface area contributed by atoms with Crippen LogP contribution in [0.15, 0.2) is 81.5 Å². The minimum atomic E-state index is -3.47. The van der Waals surface area contributed by atoms with Crippen LogP contribution in [-0.4, -0.2) is 88.8 Å². The maximum Gasteiger partial charge on any atom is 0.318 e. The third-order valence-electron chi connectivity index (χ3n) is 8.43. The van der Waals surface area contributed by atoms with Crippen LogP contribution in [0, 0.1) is 13.8 Å². The molecule has 0 saturated carbocycles. The number of nitrogens with one attached hydrogen (secondary N) is 2. The van der Waals surface area contributed by atoms with Crippen molar-refractivity contribution in [2.24, 2.45) is 0 Å². The van der Waals surface area contributed by atoms with Crippen LogP contribution in [-0.2, 0) is 9.84 Å². The molecule has 5 heterocycles. The second kappa shape index (κ2) is 14.5. The Labute approximate surface area is 283 Å². The van der Waals surface area contributed by atoms with Crippen molar-refractivity contribution in [3.63, 3.8) is 0 Å². The highest BCUT2D eigenvalue weighted by atomic mass is 32.2. The summed E-state index contributed by atoms with van der Waals surface area (Å²) in [5, 5.41) is 3.83. The lowest BCUT2D eigenvalue weighted by Crippen LogP contribution is -2.46. The maximum atomic E-state index is 11.5. The summed E-state index contributed by atoms with van der Waals surface area (Å²) in [5.74, 6) is 0. The smallest absolute Gasteiger partial charge is 0.318 e. The van der Waals surface area contributed by atoms with E-state index in [0.717, 1.165) is 62.9 Å². The molecule has 254 valence electrons. The van der Waals surface area contributed by atoms with E-state index < -0.39 is 9.84 Å². The van der Waals surface area contributed by atoms with Gasteiger partial charge in [0.25, 0.3) is 0 Å². The third kappa shape index (κ3) is 8.09. The molecule has 0 aliphatic carbocycles. The predicted octanol–water partition coefficient (Wildman–Crippen LogP) is 3.79. The zero-order chi connectivity index (χ0) is 34.5. The Kier molecular flexibility index (Phi) is 9.97. The molecule has 49 heavy (non-hydrogen) atoms. The molecule has 2 N–H and O–H groups in total. The number of sulfone groups is 1. The van der Waals surface area contributed by atoms with Gasteiger partial charge in [-0.05, 0) is 56.8 Å². The van der Waals surface area contributed by atoms with Crippen molar-refractivity contribution in [1.82, 2.24) is 34.8 Å². The third-order valence-corrected chi connectivity index (χ3v) is 9.27. The zero-order valence-electron chi connectivity index (χ0n) is 27.6. The molecule has 1 aliphatic heterocycles. The number of H-pyrrole nitrogens is 2. The molecule has 1 fully saturated rings. The van der Waals surface area contributed by atoms with E-state index in [1.165, 1.54) is 28.6 Å². The van der Waals surface area contributed by atoms with Gasteiger partial charge in [0, 0.05) is 66.4 Å². The van der Waals surface area contributed by atoms with E-state index in [4.69, 9.17) is 4.74 Å². The largest absolute Gasteiger partial charge is 0.463 e. The minimum absolute atomic E-state index is 0.174. The molecule has 1 aliphatic rings. The van der Waals surface area contributed by atoms with Crippen molar-refractivity contribution in [1.29, 1.82) is 0 Å². The minimum Gasteiger partial charge on any atom is -0.463 e. The van der Waals surface area contributed by atoms with E-state index in [2.05, 4.69) is 82.2 Å². The monoisotopic (exact) mass is 682 g/mol. The number of fused-ring (bicyclic) bond motifs is 3. The normalized spacial score (nSPS) is 13.8. The number of anilines is 1. The first-order valence-corrected chi connectivity index (χ1v) is 18.0. The van der Waals surface area contributed by atoms with Crippen LogP contribution in [0.3, 0.4) is 0 Å². The Hall–Kier alpha value is -5.21. The van der Waals surface area contributed by atoms with Gasteiger partial charge in [-0.2, -0.15) is 9.97 Å². The summed E-state index contributed by atoms with van der Waals surface area (Å²) in [6.45, 7) is 9.44. The number of benzene rings is 2. The van der Waals surface area contributed by atoms with Gasteiger partial charge >= 0.3 is 6.01 Å². The quantitative estimate of drug-likeness (QED) is 0.177. The average molecular weight is 683 g/mol. The van der Waals surface area contributed by atoms with Gasteiger partial charge < -0.3 is 19.6 Å². The average Bonchev–Trinajstić information content (AvgIpc) is 3.07. The maximum absolute atomic E-state index is 11.5. The van der Waals surface area contributed by atoms with Gasteiger partial charge in [-0.15, -0.1) is 0 Å². The van der Waals surface area contributed by atoms with Gasteiger partial charge in [-0.25, -0.2) is 18.4 Å². The summed E-state index contributed by atoms with van der Waals surface area (Å²) in [6, 6.07) is 21.7. The van der Waals surface area contributed by atoms with E-state index >= 15 is 0 Å². The molecule has 6 aromatic rings. The predicted molar refractivity (Wildman–Crippen MR) is 190 cm³/mol. The van der Waals surface area contributed by atoms with Crippen LogP contribution >= 0.6 is 0 Å². The number of piperazine rings is 1. The first-order chi connectivity index (χ1) is 23.5. The first kappa shape index (κ1) is 33.7. The van der Waals surface area contributed by atoms with Gasteiger partial charge in [0.1, 0.15) is 11.3 Å². The van der Waals surface area contributed by atoms with E-state index in [1.54, 1.807) is 19.1 Å². The Morgan fingerprint density at radius 1 is 0.714 bits per heavy atom. The molecule has 1 saturated heterocycles. The molecule has 0 radical (unpaired) electrons. The molecule has 7 rings (SSSR count). The summed E-state index contributed by atoms with van der Waals surface area (Å²) in [6.07, 6.45) is 3.03. The molecular formula is C35H38N8O5S. The molecule has 0 atom stereocenters. The lowest BCUT2D eigenvalue weighted by atomic mass is 10.1. The van der Waals surface area contributed by atoms with Gasteiger partial charge in [-0.1, -0.05) is 36.4 Å². The fourth-order valence-corrected chi connectivity index (χ4v) is 6.42. The van der Waals surface area contributed by atoms with Crippen LogP contribution in [0.2, 0.25) is 0 Å². The van der Waals surface area contributed by atoms with Crippen molar-refractivity contribution in [2.45, 2.75) is 31.8 Å². The molecule has 0 unspecified atom stereocenters. The number of unbranched alkanes of at least 4 members (excludes halogenated alkanes) is 1. The Balaban J connectivity index is 0.000000218. The van der Waals surface area contributed by atoms with Crippen molar-refractivity contribution >= 4 is 48.4 Å². The highest BCUT2D eigenvalue weighted by Crippen LogP contribution is 2.27. The van der Waals surface area contributed by atoms with Crippen molar-refractivity contribution in [3.05, 3.63) is 98.8 Å². The number of hydrogen-bond donors (Lipinski definition) is 2. The second-order valence-electron chi connectivity index (χ2n) is 12.0. The molecule has 0 bridgehead atoms. The van der Waals surface area contributed by atoms with Gasteiger partial charge in [0.05, 0.1) is 18.0 Å². The molecule has 0 amide bonds. The lowest BCUT2D eigenvalue weighted by Gasteiger charge is -2.36. The van der Waals surface area contributed by atoms with E-state index in [0.29, 0.717) is 29.3 Å². The van der Waals surface area contributed by atoms with Crippen LogP contribution in [0.25, 0.3) is 32.8 Å². The Bertz CT molecular complexity index is 2350. The topological polar surface area (TPSA) is 167 Å². The Morgan fingerprint density at radius 3 is 2.04 bits per heavy atom. The van der Waals surface area contributed by atoms with Gasteiger partial charge in [-0.3, -0.25) is 14.5 Å². The fraction of sp³-hybridized carbons (Fsp3) is 0.314. The molecule has 13 nitrogen and oxygen atoms in total. The lowest BCUT2D eigenvalue weighted by molar-refractivity contribution is 0.234. The fourth-order valence-electron chi connectivity index (χ4n) is 5.86. The molecule has 2 aromatic carbocycles. The van der Waals surface area contributed by atoms with Gasteiger partial charge in [0.15, 0.2) is 0 Å². The summed E-state index contributed by atoms with van der Waals surface area (Å²) in [4.78, 5) is 49.3. The van der Waals surface area contributed by atoms with Crippen LogP contribution in [0.5, 0.6) is 6.01 Å². The molecule has 14 heteroatoms. The van der Waals surface area contributed by atoms with Crippen LogP contribution in [0.1, 0.15) is 24.2 Å².